The summed E-state index contributed by atoms with van der Waals surface area (Å²) >= 11 is 0. The second-order valence-corrected chi connectivity index (χ2v) is 10.2. The van der Waals surface area contributed by atoms with Crippen LogP contribution in [0.4, 0.5) is 0 Å². The Labute approximate surface area is 204 Å². The lowest BCUT2D eigenvalue weighted by molar-refractivity contribution is 0.345. The summed E-state index contributed by atoms with van der Waals surface area (Å²) in [6.07, 6.45) is 0. The van der Waals surface area contributed by atoms with Gasteiger partial charge in [-0.3, -0.25) is 4.99 Å². The number of benzene rings is 3. The molecule has 2 heterocycles. The fourth-order valence-electron chi connectivity index (χ4n) is 4.06. The number of para-hydroxylation sites is 1. The second-order valence-electron chi connectivity index (χ2n) is 8.25. The first kappa shape index (κ1) is 22.9. The van der Waals surface area contributed by atoms with Crippen molar-refractivity contribution in [2.45, 2.75) is 11.8 Å². The van der Waals surface area contributed by atoms with Crippen LogP contribution in [0.5, 0.6) is 5.75 Å². The van der Waals surface area contributed by atoms with Crippen LogP contribution in [0.2, 0.25) is 0 Å². The standard InChI is InChI=1S/C27H25N3O4S/c1-19-8-10-21(11-9-19)26-27(35(31,32)18-24-28-16-17-34-24)25(20-12-14-23(33-2)15-13-20)29-30(26)22-6-4-3-5-7-22/h3-15H,16-18H2,1-2H3. The Kier molecular flexibility index (Phi) is 6.13. The number of rotatable bonds is 7. The Bertz CT molecular complexity index is 1470. The molecule has 0 unspecified atom stereocenters. The van der Waals surface area contributed by atoms with Gasteiger partial charge in [0.25, 0.3) is 0 Å². The maximum atomic E-state index is 14.0. The Hall–Kier alpha value is -3.91. The largest absolute Gasteiger partial charge is 0.497 e. The second kappa shape index (κ2) is 9.38. The van der Waals surface area contributed by atoms with E-state index in [0.717, 1.165) is 16.8 Å². The molecule has 1 aliphatic heterocycles. The third-order valence-electron chi connectivity index (χ3n) is 5.80. The number of hydrogen-bond donors (Lipinski definition) is 0. The number of aliphatic imine (C=N–C) groups is 1. The molecule has 1 aliphatic rings. The predicted octanol–water partition coefficient (Wildman–Crippen LogP) is 4.73. The summed E-state index contributed by atoms with van der Waals surface area (Å²) in [7, 11) is -2.29. The molecule has 4 aromatic rings. The summed E-state index contributed by atoms with van der Waals surface area (Å²) < 4.78 is 40.4. The third-order valence-corrected chi connectivity index (χ3v) is 7.44. The highest BCUT2D eigenvalue weighted by molar-refractivity contribution is 7.92. The van der Waals surface area contributed by atoms with Crippen molar-refractivity contribution in [1.29, 1.82) is 0 Å². The molecule has 0 N–H and O–H groups in total. The van der Waals surface area contributed by atoms with Gasteiger partial charge in [0.1, 0.15) is 28.7 Å². The first-order valence-corrected chi connectivity index (χ1v) is 12.9. The van der Waals surface area contributed by atoms with Gasteiger partial charge in [-0.15, -0.1) is 0 Å². The van der Waals surface area contributed by atoms with Crippen molar-refractivity contribution in [2.75, 3.05) is 26.0 Å². The number of aryl methyl sites for hydroxylation is 1. The van der Waals surface area contributed by atoms with Gasteiger partial charge in [0, 0.05) is 11.1 Å². The van der Waals surface area contributed by atoms with E-state index in [2.05, 4.69) is 4.99 Å². The highest BCUT2D eigenvalue weighted by Gasteiger charge is 2.33. The van der Waals surface area contributed by atoms with E-state index < -0.39 is 9.84 Å². The number of methoxy groups -OCH3 is 1. The van der Waals surface area contributed by atoms with Crippen LogP contribution in [-0.2, 0) is 14.6 Å². The van der Waals surface area contributed by atoms with Crippen molar-refractivity contribution in [3.05, 3.63) is 84.4 Å². The van der Waals surface area contributed by atoms with Gasteiger partial charge in [-0.2, -0.15) is 5.10 Å². The molecule has 1 aromatic heterocycles. The van der Waals surface area contributed by atoms with Gasteiger partial charge in [0.15, 0.2) is 15.7 Å². The Morgan fingerprint density at radius 3 is 2.26 bits per heavy atom. The van der Waals surface area contributed by atoms with Crippen LogP contribution in [0.1, 0.15) is 5.56 Å². The van der Waals surface area contributed by atoms with E-state index in [1.807, 2.05) is 73.7 Å². The first-order valence-electron chi connectivity index (χ1n) is 11.2. The molecule has 35 heavy (non-hydrogen) atoms. The van der Waals surface area contributed by atoms with E-state index in [1.54, 1.807) is 23.9 Å². The molecule has 0 bridgehead atoms. The van der Waals surface area contributed by atoms with Gasteiger partial charge < -0.3 is 9.47 Å². The first-order chi connectivity index (χ1) is 17.0. The van der Waals surface area contributed by atoms with E-state index in [1.165, 1.54) is 0 Å². The highest BCUT2D eigenvalue weighted by atomic mass is 32.2. The molecule has 3 aromatic carbocycles. The van der Waals surface area contributed by atoms with E-state index in [9.17, 15) is 8.42 Å². The maximum absolute atomic E-state index is 14.0. The molecular formula is C27H25N3O4S. The lowest BCUT2D eigenvalue weighted by Gasteiger charge is -2.12. The summed E-state index contributed by atoms with van der Waals surface area (Å²) in [6.45, 7) is 2.85. The lowest BCUT2D eigenvalue weighted by atomic mass is 10.1. The fourth-order valence-corrected chi connectivity index (χ4v) is 5.65. The third kappa shape index (κ3) is 4.57. The van der Waals surface area contributed by atoms with Gasteiger partial charge in [-0.05, 0) is 43.3 Å². The molecule has 0 amide bonds. The van der Waals surface area contributed by atoms with Crippen LogP contribution in [0.15, 0.2) is 88.8 Å². The topological polar surface area (TPSA) is 82.8 Å². The molecule has 178 valence electrons. The van der Waals surface area contributed by atoms with Crippen LogP contribution in [-0.4, -0.2) is 50.1 Å². The Morgan fingerprint density at radius 1 is 0.943 bits per heavy atom. The summed E-state index contributed by atoms with van der Waals surface area (Å²) in [6, 6.07) is 24.5. The molecule has 0 saturated carbocycles. The van der Waals surface area contributed by atoms with Gasteiger partial charge in [-0.25, -0.2) is 13.1 Å². The van der Waals surface area contributed by atoms with Crippen LogP contribution in [0.3, 0.4) is 0 Å². The van der Waals surface area contributed by atoms with Crippen molar-refractivity contribution in [3.63, 3.8) is 0 Å². The zero-order valence-electron chi connectivity index (χ0n) is 19.5. The van der Waals surface area contributed by atoms with Crippen molar-refractivity contribution in [2.24, 2.45) is 4.99 Å². The maximum Gasteiger partial charge on any atom is 0.199 e. The number of aromatic nitrogens is 2. The molecule has 0 atom stereocenters. The van der Waals surface area contributed by atoms with Gasteiger partial charge in [0.05, 0.1) is 25.0 Å². The summed E-state index contributed by atoms with van der Waals surface area (Å²) in [5, 5.41) is 4.86. The minimum atomic E-state index is -3.88. The zero-order valence-corrected chi connectivity index (χ0v) is 20.3. The number of hydrogen-bond acceptors (Lipinski definition) is 6. The van der Waals surface area contributed by atoms with Crippen LogP contribution in [0, 0.1) is 6.92 Å². The predicted molar refractivity (Wildman–Crippen MR) is 136 cm³/mol. The van der Waals surface area contributed by atoms with Gasteiger partial charge in [0.2, 0.25) is 0 Å². The fraction of sp³-hybridized carbons (Fsp3) is 0.185. The molecule has 8 heteroatoms. The van der Waals surface area contributed by atoms with Gasteiger partial charge in [-0.1, -0.05) is 48.0 Å². The minimum absolute atomic E-state index is 0.147. The zero-order chi connectivity index (χ0) is 24.4. The minimum Gasteiger partial charge on any atom is -0.497 e. The summed E-state index contributed by atoms with van der Waals surface area (Å²) in [5.74, 6) is 0.580. The van der Waals surface area contributed by atoms with Crippen molar-refractivity contribution < 1.29 is 17.9 Å². The number of nitrogens with zero attached hydrogens (tertiary/aromatic N) is 3. The number of sulfone groups is 1. The average Bonchev–Trinajstić information content (AvgIpc) is 3.53. The van der Waals surface area contributed by atoms with Gasteiger partial charge >= 0.3 is 0 Å². The molecule has 0 radical (unpaired) electrons. The van der Waals surface area contributed by atoms with Crippen LogP contribution in [0.25, 0.3) is 28.2 Å². The lowest BCUT2D eigenvalue weighted by Crippen LogP contribution is -2.17. The molecule has 0 aliphatic carbocycles. The van der Waals surface area contributed by atoms with Crippen molar-refractivity contribution in [3.8, 4) is 34.0 Å². The molecule has 7 nitrogen and oxygen atoms in total. The monoisotopic (exact) mass is 487 g/mol. The molecule has 0 spiro atoms. The molecule has 0 saturated heterocycles. The quantitative estimate of drug-likeness (QED) is 0.377. The van der Waals surface area contributed by atoms with E-state index in [0.29, 0.717) is 35.9 Å². The van der Waals surface area contributed by atoms with Crippen LogP contribution < -0.4 is 4.74 Å². The van der Waals surface area contributed by atoms with E-state index in [-0.39, 0.29) is 16.5 Å². The van der Waals surface area contributed by atoms with Crippen molar-refractivity contribution >= 4 is 15.7 Å². The summed E-state index contributed by atoms with van der Waals surface area (Å²) in [4.78, 5) is 4.37. The Balaban J connectivity index is 1.81. The summed E-state index contributed by atoms with van der Waals surface area (Å²) in [5.41, 5.74) is 4.12. The molecule has 5 rings (SSSR count). The van der Waals surface area contributed by atoms with Crippen molar-refractivity contribution in [1.82, 2.24) is 9.78 Å². The normalized spacial score (nSPS) is 13.4. The van der Waals surface area contributed by atoms with E-state index in [4.69, 9.17) is 14.6 Å². The SMILES string of the molecule is COc1ccc(-c2nn(-c3ccccc3)c(-c3ccc(C)cc3)c2S(=O)(=O)CC2=NCCO2)cc1. The Morgan fingerprint density at radius 2 is 1.63 bits per heavy atom. The molecular weight excluding hydrogens is 462 g/mol. The molecule has 0 fully saturated rings. The van der Waals surface area contributed by atoms with E-state index >= 15 is 0 Å². The highest BCUT2D eigenvalue weighted by Crippen LogP contribution is 2.39. The van der Waals surface area contributed by atoms with Crippen LogP contribution >= 0.6 is 0 Å². The average molecular weight is 488 g/mol. The number of ether oxygens (including phenoxy) is 2. The smallest absolute Gasteiger partial charge is 0.199 e.